The third kappa shape index (κ3) is 4.56. The highest BCUT2D eigenvalue weighted by molar-refractivity contribution is 6.01. The van der Waals surface area contributed by atoms with Crippen LogP contribution in [0.2, 0.25) is 0 Å². The van der Waals surface area contributed by atoms with Crippen LogP contribution in [-0.2, 0) is 4.74 Å². The third-order valence-electron chi connectivity index (χ3n) is 8.58. The van der Waals surface area contributed by atoms with Gasteiger partial charge in [0.1, 0.15) is 11.6 Å². The minimum Gasteiger partial charge on any atom is -0.383 e. The van der Waals surface area contributed by atoms with Gasteiger partial charge in [-0.3, -0.25) is 15.1 Å². The van der Waals surface area contributed by atoms with Gasteiger partial charge < -0.3 is 15.8 Å². The van der Waals surface area contributed by atoms with Crippen LogP contribution in [0.25, 0.3) is 33.2 Å². The summed E-state index contributed by atoms with van der Waals surface area (Å²) in [4.78, 5) is 12.2. The average molecular weight is 538 g/mol. The van der Waals surface area contributed by atoms with Crippen LogP contribution in [0.3, 0.4) is 0 Å². The minimum atomic E-state index is 0.313. The molecule has 0 atom stereocenters. The zero-order chi connectivity index (χ0) is 27.2. The van der Waals surface area contributed by atoms with Crippen molar-refractivity contribution in [2.75, 3.05) is 37.4 Å². The van der Waals surface area contributed by atoms with E-state index in [1.165, 1.54) is 11.1 Å². The first-order chi connectivity index (χ1) is 19.5. The summed E-state index contributed by atoms with van der Waals surface area (Å²) < 4.78 is 5.53. The fourth-order valence-electron chi connectivity index (χ4n) is 6.27. The van der Waals surface area contributed by atoms with Gasteiger partial charge in [0.05, 0.1) is 29.8 Å². The Morgan fingerprint density at radius 3 is 2.60 bits per heavy atom. The maximum atomic E-state index is 6.56. The Labute approximate surface area is 232 Å². The summed E-state index contributed by atoms with van der Waals surface area (Å²) in [6, 6.07) is 13.2. The van der Waals surface area contributed by atoms with Crippen molar-refractivity contribution in [1.29, 1.82) is 0 Å². The molecule has 40 heavy (non-hydrogen) atoms. The molecular formula is C30H35N9O. The van der Waals surface area contributed by atoms with E-state index < -0.39 is 0 Å². The van der Waals surface area contributed by atoms with Crippen molar-refractivity contribution in [2.45, 2.75) is 51.5 Å². The number of rotatable bonds is 5. The molecule has 1 saturated heterocycles. The van der Waals surface area contributed by atoms with E-state index in [2.05, 4.69) is 80.9 Å². The third-order valence-corrected chi connectivity index (χ3v) is 8.58. The molecule has 10 nitrogen and oxygen atoms in total. The number of morpholine rings is 1. The molecule has 0 spiro atoms. The van der Waals surface area contributed by atoms with Gasteiger partial charge in [-0.2, -0.15) is 10.2 Å². The molecule has 10 heteroatoms. The summed E-state index contributed by atoms with van der Waals surface area (Å²) in [6.45, 7) is 7.94. The number of hydrogen-bond donors (Lipinski definition) is 4. The van der Waals surface area contributed by atoms with Gasteiger partial charge in [0.2, 0.25) is 0 Å². The second-order valence-electron chi connectivity index (χ2n) is 11.2. The zero-order valence-corrected chi connectivity index (χ0v) is 23.0. The predicted molar refractivity (Wildman–Crippen MR) is 158 cm³/mol. The molecule has 0 bridgehead atoms. The number of aromatic amines is 2. The number of ether oxygens (including phenoxy) is 1. The van der Waals surface area contributed by atoms with Crippen molar-refractivity contribution in [1.82, 2.24) is 35.3 Å². The Morgan fingerprint density at radius 2 is 1.77 bits per heavy atom. The molecule has 0 unspecified atom stereocenters. The van der Waals surface area contributed by atoms with Crippen molar-refractivity contribution in [3.05, 3.63) is 53.3 Å². The van der Waals surface area contributed by atoms with E-state index in [0.29, 0.717) is 23.4 Å². The molecule has 1 saturated carbocycles. The van der Waals surface area contributed by atoms with Crippen LogP contribution in [0.15, 0.2) is 36.4 Å². The molecule has 5 N–H and O–H groups in total. The zero-order valence-electron chi connectivity index (χ0n) is 23.0. The molecule has 7 rings (SSSR count). The number of nitrogens with zero attached hydrogens (tertiary/aromatic N) is 5. The molecule has 5 aromatic rings. The van der Waals surface area contributed by atoms with Gasteiger partial charge in [-0.05, 0) is 68.9 Å². The van der Waals surface area contributed by atoms with Crippen molar-refractivity contribution >= 4 is 39.3 Å². The Balaban J connectivity index is 1.12. The molecular weight excluding hydrogens is 502 g/mol. The quantitative estimate of drug-likeness (QED) is 0.240. The topological polar surface area (TPSA) is 134 Å². The Bertz CT molecular complexity index is 1680. The van der Waals surface area contributed by atoms with E-state index in [0.717, 1.165) is 96.9 Å². The van der Waals surface area contributed by atoms with Crippen molar-refractivity contribution < 1.29 is 4.74 Å². The first kappa shape index (κ1) is 25.0. The number of aromatic nitrogens is 6. The van der Waals surface area contributed by atoms with Gasteiger partial charge in [0, 0.05) is 41.7 Å². The Morgan fingerprint density at radius 1 is 0.950 bits per heavy atom. The van der Waals surface area contributed by atoms with E-state index in [1.807, 2.05) is 0 Å². The lowest BCUT2D eigenvalue weighted by atomic mass is 9.84. The van der Waals surface area contributed by atoms with E-state index in [4.69, 9.17) is 20.4 Å². The molecule has 1 aliphatic heterocycles. The van der Waals surface area contributed by atoms with Gasteiger partial charge in [-0.25, -0.2) is 9.97 Å². The van der Waals surface area contributed by atoms with Crippen LogP contribution in [-0.4, -0.2) is 67.6 Å². The number of nitrogen functional groups attached to an aromatic ring is 1. The normalized spacial score (nSPS) is 20.4. The minimum absolute atomic E-state index is 0.313. The summed E-state index contributed by atoms with van der Waals surface area (Å²) in [5, 5.41) is 20.7. The van der Waals surface area contributed by atoms with E-state index in [1.54, 1.807) is 0 Å². The van der Waals surface area contributed by atoms with Gasteiger partial charge in [-0.15, -0.1) is 0 Å². The van der Waals surface area contributed by atoms with E-state index in [9.17, 15) is 0 Å². The molecule has 4 heterocycles. The van der Waals surface area contributed by atoms with Crippen LogP contribution in [0.1, 0.15) is 48.6 Å². The highest BCUT2D eigenvalue weighted by Gasteiger charge is 2.29. The maximum Gasteiger partial charge on any atom is 0.187 e. The van der Waals surface area contributed by atoms with Crippen LogP contribution >= 0.6 is 0 Å². The van der Waals surface area contributed by atoms with Crippen LogP contribution < -0.4 is 11.1 Å². The summed E-state index contributed by atoms with van der Waals surface area (Å²) in [5.41, 5.74) is 13.3. The predicted octanol–water partition coefficient (Wildman–Crippen LogP) is 5.20. The van der Waals surface area contributed by atoms with Crippen molar-refractivity contribution in [3.63, 3.8) is 0 Å². The van der Waals surface area contributed by atoms with Gasteiger partial charge in [0.15, 0.2) is 11.5 Å². The fraction of sp³-hybridized carbons (Fsp3) is 0.400. The van der Waals surface area contributed by atoms with Crippen molar-refractivity contribution in [3.8, 4) is 11.3 Å². The number of nitrogens with two attached hydrogens (primary N) is 1. The van der Waals surface area contributed by atoms with E-state index >= 15 is 0 Å². The highest BCUT2D eigenvalue weighted by atomic mass is 16.5. The Hall–Kier alpha value is -4.02. The summed E-state index contributed by atoms with van der Waals surface area (Å²) in [6.07, 6.45) is 4.45. The lowest BCUT2D eigenvalue weighted by Crippen LogP contribution is -2.44. The Kier molecular flexibility index (Phi) is 6.36. The first-order valence-electron chi connectivity index (χ1n) is 14.2. The number of fused-ring (bicyclic) bond motifs is 2. The van der Waals surface area contributed by atoms with Crippen molar-refractivity contribution in [2.24, 2.45) is 0 Å². The largest absolute Gasteiger partial charge is 0.383 e. The lowest BCUT2D eigenvalue weighted by molar-refractivity contribution is 0.00712. The molecule has 2 aromatic carbocycles. The van der Waals surface area contributed by atoms with Crippen LogP contribution in [0.4, 0.5) is 17.3 Å². The summed E-state index contributed by atoms with van der Waals surface area (Å²) in [5.74, 6) is 2.39. The molecule has 0 radical (unpaired) electrons. The molecule has 1 aliphatic carbocycles. The number of hydrogen-bond acceptors (Lipinski definition) is 8. The van der Waals surface area contributed by atoms with Crippen LogP contribution in [0.5, 0.6) is 0 Å². The standard InChI is InChI=1S/C30H35N9O/c1-17-3-4-18(2)23(15-17)32-29-22-10-7-20(16-24(22)35-37-29)26-25-27(31)33-28(34-30(25)38-36-26)19-5-8-21(9-6-19)39-11-13-40-14-12-39/h3-4,7,10,15-16,19,21H,5-6,8-9,11-14H2,1-2H3,(H2,32,35,37)(H3,31,33,34,36,38). The summed E-state index contributed by atoms with van der Waals surface area (Å²) in [7, 11) is 0. The average Bonchev–Trinajstić information content (AvgIpc) is 3.60. The van der Waals surface area contributed by atoms with Crippen LogP contribution in [0, 0.1) is 13.8 Å². The fourth-order valence-corrected chi connectivity index (χ4v) is 6.27. The summed E-state index contributed by atoms with van der Waals surface area (Å²) >= 11 is 0. The first-order valence-corrected chi connectivity index (χ1v) is 14.2. The highest BCUT2D eigenvalue weighted by Crippen LogP contribution is 2.37. The van der Waals surface area contributed by atoms with E-state index in [-0.39, 0.29) is 0 Å². The number of nitrogens with one attached hydrogen (secondary N) is 3. The molecule has 2 aliphatic rings. The second-order valence-corrected chi connectivity index (χ2v) is 11.2. The second kappa shape index (κ2) is 10.2. The van der Waals surface area contributed by atoms with Gasteiger partial charge >= 0.3 is 0 Å². The molecule has 3 aromatic heterocycles. The SMILES string of the molecule is Cc1ccc(C)c(Nc2n[nH]c3cc(-c4[nH]nc5nc(C6CCC(N7CCOCC7)CC6)nc(N)c45)ccc23)c1. The number of anilines is 3. The maximum absolute atomic E-state index is 6.56. The lowest BCUT2D eigenvalue weighted by Gasteiger charge is -2.38. The number of benzene rings is 2. The number of aryl methyl sites for hydroxylation is 2. The molecule has 206 valence electrons. The monoisotopic (exact) mass is 537 g/mol. The van der Waals surface area contributed by atoms with Gasteiger partial charge in [-0.1, -0.05) is 18.2 Å². The van der Waals surface area contributed by atoms with Gasteiger partial charge in [0.25, 0.3) is 0 Å². The molecule has 0 amide bonds. The number of H-pyrrole nitrogens is 2. The smallest absolute Gasteiger partial charge is 0.187 e. The molecule has 2 fully saturated rings.